The predicted octanol–water partition coefficient (Wildman–Crippen LogP) is 4.78. The number of aromatic amines is 1. The van der Waals surface area contributed by atoms with E-state index in [1.165, 1.54) is 5.56 Å². The molecule has 0 amide bonds. The quantitative estimate of drug-likeness (QED) is 0.546. The minimum absolute atomic E-state index is 0.0767. The molecule has 0 spiro atoms. The second kappa shape index (κ2) is 9.62. The number of H-pyrrole nitrogens is 1. The Morgan fingerprint density at radius 3 is 2.84 bits per heavy atom. The molecule has 0 saturated carbocycles. The standard InChI is InChI=1S/C25H29N3O2S/c1-3-18-7-4-5-9-22(18)27-25(31)28(16-21-8-6-12-30-21)15-20-14-19-11-10-17(2)13-23(19)26-24(20)29/h4-5,7,9-11,13-14,21H,3,6,8,12,15-16H2,1-2H3,(H,26,29)(H,27,31)/t21-/m0/s1. The average Bonchev–Trinajstić information content (AvgIpc) is 3.27. The van der Waals surface area contributed by atoms with Crippen LogP contribution in [0, 0.1) is 6.92 Å². The summed E-state index contributed by atoms with van der Waals surface area (Å²) in [6, 6.07) is 16.3. The first-order chi connectivity index (χ1) is 15.0. The molecule has 1 aliphatic rings. The van der Waals surface area contributed by atoms with Crippen LogP contribution in [0.25, 0.3) is 10.9 Å². The van der Waals surface area contributed by atoms with Gasteiger partial charge in [0.2, 0.25) is 0 Å². The topological polar surface area (TPSA) is 57.4 Å². The first kappa shape index (κ1) is 21.5. The fourth-order valence-corrected chi connectivity index (χ4v) is 4.33. The molecule has 2 aromatic carbocycles. The first-order valence-corrected chi connectivity index (χ1v) is 11.3. The number of aryl methyl sites for hydroxylation is 2. The van der Waals surface area contributed by atoms with Gasteiger partial charge in [0.25, 0.3) is 5.56 Å². The Labute approximate surface area is 188 Å². The Hall–Kier alpha value is -2.70. The average molecular weight is 436 g/mol. The van der Waals surface area contributed by atoms with Crippen LogP contribution in [-0.2, 0) is 17.7 Å². The van der Waals surface area contributed by atoms with Crippen molar-refractivity contribution >= 4 is 33.9 Å². The lowest BCUT2D eigenvalue weighted by Crippen LogP contribution is -2.40. The highest BCUT2D eigenvalue weighted by Gasteiger charge is 2.22. The summed E-state index contributed by atoms with van der Waals surface area (Å²) in [5.41, 5.74) is 4.82. The smallest absolute Gasteiger partial charge is 0.253 e. The number of hydrogen-bond acceptors (Lipinski definition) is 3. The summed E-state index contributed by atoms with van der Waals surface area (Å²) in [5, 5.41) is 5.04. The zero-order chi connectivity index (χ0) is 21.8. The summed E-state index contributed by atoms with van der Waals surface area (Å²) in [5.74, 6) is 0. The molecule has 0 aliphatic carbocycles. The highest BCUT2D eigenvalue weighted by molar-refractivity contribution is 7.80. The maximum absolute atomic E-state index is 12.8. The molecule has 4 rings (SSSR count). The maximum Gasteiger partial charge on any atom is 0.253 e. The lowest BCUT2D eigenvalue weighted by molar-refractivity contribution is 0.0904. The normalized spacial score (nSPS) is 15.9. The molecule has 0 radical (unpaired) electrons. The number of pyridine rings is 1. The number of para-hydroxylation sites is 1. The summed E-state index contributed by atoms with van der Waals surface area (Å²) >= 11 is 5.80. The molecular formula is C25H29N3O2S. The van der Waals surface area contributed by atoms with E-state index in [-0.39, 0.29) is 11.7 Å². The molecule has 2 N–H and O–H groups in total. The second-order valence-electron chi connectivity index (χ2n) is 8.17. The molecule has 1 aliphatic heterocycles. The summed E-state index contributed by atoms with van der Waals surface area (Å²) < 4.78 is 5.87. The molecule has 5 nitrogen and oxygen atoms in total. The van der Waals surface area contributed by atoms with Gasteiger partial charge in [-0.15, -0.1) is 0 Å². The van der Waals surface area contributed by atoms with Crippen molar-refractivity contribution in [1.29, 1.82) is 0 Å². The van der Waals surface area contributed by atoms with Gasteiger partial charge in [0.1, 0.15) is 0 Å². The number of fused-ring (bicyclic) bond motifs is 1. The maximum atomic E-state index is 12.8. The van der Waals surface area contributed by atoms with Gasteiger partial charge in [-0.3, -0.25) is 4.79 Å². The van der Waals surface area contributed by atoms with Crippen LogP contribution in [0.1, 0.15) is 36.5 Å². The molecule has 1 fully saturated rings. The van der Waals surface area contributed by atoms with Crippen molar-refractivity contribution in [1.82, 2.24) is 9.88 Å². The van der Waals surface area contributed by atoms with Crippen LogP contribution < -0.4 is 10.9 Å². The largest absolute Gasteiger partial charge is 0.376 e. The third kappa shape index (κ3) is 5.14. The van der Waals surface area contributed by atoms with E-state index in [0.717, 1.165) is 48.0 Å². The van der Waals surface area contributed by atoms with Gasteiger partial charge in [-0.25, -0.2) is 0 Å². The van der Waals surface area contributed by atoms with Gasteiger partial charge >= 0.3 is 0 Å². The van der Waals surface area contributed by atoms with Gasteiger partial charge in [-0.05, 0) is 73.1 Å². The lowest BCUT2D eigenvalue weighted by atomic mass is 10.1. The molecule has 3 aromatic rings. The molecule has 1 saturated heterocycles. The molecule has 0 unspecified atom stereocenters. The van der Waals surface area contributed by atoms with Gasteiger partial charge in [-0.1, -0.05) is 37.3 Å². The first-order valence-electron chi connectivity index (χ1n) is 10.9. The summed E-state index contributed by atoms with van der Waals surface area (Å²) in [6.07, 6.45) is 3.12. The number of benzene rings is 2. The van der Waals surface area contributed by atoms with E-state index in [2.05, 4.69) is 34.3 Å². The summed E-state index contributed by atoms with van der Waals surface area (Å²) in [6.45, 7) is 6.02. The van der Waals surface area contributed by atoms with Crippen LogP contribution in [0.2, 0.25) is 0 Å². The number of aromatic nitrogens is 1. The van der Waals surface area contributed by atoms with Gasteiger partial charge in [0.15, 0.2) is 5.11 Å². The van der Waals surface area contributed by atoms with Crippen molar-refractivity contribution in [3.63, 3.8) is 0 Å². The molecular weight excluding hydrogens is 406 g/mol. The van der Waals surface area contributed by atoms with Crippen LogP contribution in [-0.4, -0.2) is 34.3 Å². The number of rotatable bonds is 6. The van der Waals surface area contributed by atoms with Crippen LogP contribution >= 0.6 is 12.2 Å². The van der Waals surface area contributed by atoms with Gasteiger partial charge < -0.3 is 19.9 Å². The van der Waals surface area contributed by atoms with Crippen molar-refractivity contribution in [3.8, 4) is 0 Å². The van der Waals surface area contributed by atoms with E-state index in [1.54, 1.807) is 0 Å². The highest BCUT2D eigenvalue weighted by atomic mass is 32.1. The summed E-state index contributed by atoms with van der Waals surface area (Å²) in [4.78, 5) is 17.9. The zero-order valence-electron chi connectivity index (χ0n) is 18.1. The van der Waals surface area contributed by atoms with Gasteiger partial charge in [0, 0.05) is 29.9 Å². The van der Waals surface area contributed by atoms with E-state index >= 15 is 0 Å². The molecule has 162 valence electrons. The Kier molecular flexibility index (Phi) is 6.68. The van der Waals surface area contributed by atoms with E-state index in [1.807, 2.05) is 43.3 Å². The van der Waals surface area contributed by atoms with E-state index in [9.17, 15) is 4.79 Å². The molecule has 0 bridgehead atoms. The molecule has 2 heterocycles. The Balaban J connectivity index is 1.61. The number of anilines is 1. The SMILES string of the molecule is CCc1ccccc1NC(=S)N(Cc1cc2ccc(C)cc2[nH]c1=O)C[C@@H]1CCCO1. The predicted molar refractivity (Wildman–Crippen MR) is 131 cm³/mol. The lowest BCUT2D eigenvalue weighted by Gasteiger charge is -2.28. The number of nitrogens with zero attached hydrogens (tertiary/aromatic N) is 1. The van der Waals surface area contributed by atoms with E-state index < -0.39 is 0 Å². The van der Waals surface area contributed by atoms with E-state index in [4.69, 9.17) is 17.0 Å². The van der Waals surface area contributed by atoms with Crippen LogP contribution in [0.5, 0.6) is 0 Å². The second-order valence-corrected chi connectivity index (χ2v) is 8.56. The number of nitrogens with one attached hydrogen (secondary N) is 2. The van der Waals surface area contributed by atoms with Crippen LogP contribution in [0.15, 0.2) is 53.3 Å². The third-order valence-electron chi connectivity index (χ3n) is 5.81. The third-order valence-corrected chi connectivity index (χ3v) is 6.17. The number of thiocarbonyl (C=S) groups is 1. The van der Waals surface area contributed by atoms with Crippen molar-refractivity contribution in [3.05, 3.63) is 75.6 Å². The molecule has 1 aromatic heterocycles. The molecule has 1 atom stereocenters. The minimum Gasteiger partial charge on any atom is -0.376 e. The Morgan fingerprint density at radius 2 is 2.06 bits per heavy atom. The van der Waals surface area contributed by atoms with Crippen molar-refractivity contribution in [2.45, 2.75) is 45.8 Å². The molecule has 6 heteroatoms. The monoisotopic (exact) mass is 435 g/mol. The summed E-state index contributed by atoms with van der Waals surface area (Å²) in [7, 11) is 0. The molecule has 31 heavy (non-hydrogen) atoms. The fraction of sp³-hybridized carbons (Fsp3) is 0.360. The van der Waals surface area contributed by atoms with Crippen molar-refractivity contribution < 1.29 is 4.74 Å². The Morgan fingerprint density at radius 1 is 1.23 bits per heavy atom. The van der Waals surface area contributed by atoms with E-state index in [0.29, 0.717) is 23.8 Å². The van der Waals surface area contributed by atoms with Gasteiger partial charge in [-0.2, -0.15) is 0 Å². The Bertz CT molecular complexity index is 1140. The van der Waals surface area contributed by atoms with Crippen LogP contribution in [0.3, 0.4) is 0 Å². The highest BCUT2D eigenvalue weighted by Crippen LogP contribution is 2.20. The minimum atomic E-state index is -0.0767. The van der Waals surface area contributed by atoms with Gasteiger partial charge in [0.05, 0.1) is 12.6 Å². The van der Waals surface area contributed by atoms with Crippen molar-refractivity contribution in [2.24, 2.45) is 0 Å². The fourth-order valence-electron chi connectivity index (χ4n) is 4.08. The van der Waals surface area contributed by atoms with Crippen LogP contribution in [0.4, 0.5) is 5.69 Å². The van der Waals surface area contributed by atoms with Crippen molar-refractivity contribution in [2.75, 3.05) is 18.5 Å². The zero-order valence-corrected chi connectivity index (χ0v) is 18.9. The number of ether oxygens (including phenoxy) is 1. The number of hydrogen-bond donors (Lipinski definition) is 2.